The number of carbonyl (C=O) groups excluding carboxylic acids is 1. The Morgan fingerprint density at radius 2 is 2.30 bits per heavy atom. The van der Waals surface area contributed by atoms with Crippen LogP contribution in [0.1, 0.15) is 44.2 Å². The summed E-state index contributed by atoms with van der Waals surface area (Å²) in [6.07, 6.45) is 3.40. The van der Waals surface area contributed by atoms with Crippen LogP contribution in [-0.4, -0.2) is 42.3 Å². The lowest BCUT2D eigenvalue weighted by molar-refractivity contribution is 0.172. The van der Waals surface area contributed by atoms with Crippen LogP contribution >= 0.6 is 0 Å². The number of halogens is 1. The number of nitrogens with one attached hydrogen (secondary N) is 1. The van der Waals surface area contributed by atoms with E-state index in [1.165, 1.54) is 12.1 Å². The summed E-state index contributed by atoms with van der Waals surface area (Å²) in [4.78, 5) is 14.1. The molecule has 6 heteroatoms. The Bertz CT molecular complexity index is 525. The standard InChI is InChI=1S/C17H25FN2O3/c1-2-3-8-20(9-10-21)17(22)19-15-5-4-11-23-16-12-13(18)6-7-14(15)16/h6-7,12,15,21H,2-5,8-11H2,1H3,(H,19,22). The van der Waals surface area contributed by atoms with Crippen molar-refractivity contribution in [3.8, 4) is 5.75 Å². The lowest BCUT2D eigenvalue weighted by atomic mass is 10.0. The Balaban J connectivity index is 2.10. The first-order chi connectivity index (χ1) is 11.2. The van der Waals surface area contributed by atoms with E-state index < -0.39 is 0 Å². The number of hydrogen-bond acceptors (Lipinski definition) is 3. The predicted molar refractivity (Wildman–Crippen MR) is 86.0 cm³/mol. The van der Waals surface area contributed by atoms with E-state index in [2.05, 4.69) is 12.2 Å². The number of rotatable bonds is 6. The number of amides is 2. The van der Waals surface area contributed by atoms with E-state index in [0.29, 0.717) is 25.4 Å². The highest BCUT2D eigenvalue weighted by atomic mass is 19.1. The van der Waals surface area contributed by atoms with Crippen LogP contribution in [0, 0.1) is 5.82 Å². The Morgan fingerprint density at radius 1 is 1.48 bits per heavy atom. The van der Waals surface area contributed by atoms with E-state index in [4.69, 9.17) is 9.84 Å². The van der Waals surface area contributed by atoms with Crippen molar-refractivity contribution in [3.05, 3.63) is 29.6 Å². The fraction of sp³-hybridized carbons (Fsp3) is 0.588. The van der Waals surface area contributed by atoms with Gasteiger partial charge in [0.15, 0.2) is 0 Å². The Kier molecular flexibility index (Phi) is 6.65. The molecule has 0 bridgehead atoms. The monoisotopic (exact) mass is 324 g/mol. The smallest absolute Gasteiger partial charge is 0.317 e. The summed E-state index contributed by atoms with van der Waals surface area (Å²) in [5, 5.41) is 12.1. The molecule has 1 aliphatic heterocycles. The number of fused-ring (bicyclic) bond motifs is 1. The van der Waals surface area contributed by atoms with E-state index in [9.17, 15) is 9.18 Å². The van der Waals surface area contributed by atoms with Gasteiger partial charge in [0.05, 0.1) is 19.3 Å². The van der Waals surface area contributed by atoms with Crippen LogP contribution in [0.2, 0.25) is 0 Å². The molecule has 1 unspecified atom stereocenters. The first-order valence-electron chi connectivity index (χ1n) is 8.24. The number of unbranched alkanes of at least 4 members (excludes halogenated alkanes) is 1. The quantitative estimate of drug-likeness (QED) is 0.846. The van der Waals surface area contributed by atoms with E-state index in [0.717, 1.165) is 31.2 Å². The molecule has 2 rings (SSSR count). The number of nitrogens with zero attached hydrogens (tertiary/aromatic N) is 1. The van der Waals surface area contributed by atoms with Crippen LogP contribution in [0.15, 0.2) is 18.2 Å². The van der Waals surface area contributed by atoms with Crippen molar-refractivity contribution in [1.29, 1.82) is 0 Å². The van der Waals surface area contributed by atoms with Crippen molar-refractivity contribution >= 4 is 6.03 Å². The highest BCUT2D eigenvalue weighted by Gasteiger charge is 2.24. The molecule has 1 aliphatic rings. The summed E-state index contributed by atoms with van der Waals surface area (Å²) in [5.74, 6) is 0.149. The maximum atomic E-state index is 13.4. The molecule has 0 radical (unpaired) electrons. The molecule has 0 aliphatic carbocycles. The molecule has 0 aromatic heterocycles. The fourth-order valence-corrected chi connectivity index (χ4v) is 2.72. The number of urea groups is 1. The molecule has 2 N–H and O–H groups in total. The van der Waals surface area contributed by atoms with Gasteiger partial charge in [-0.2, -0.15) is 0 Å². The number of carbonyl (C=O) groups is 1. The molecular weight excluding hydrogens is 299 g/mol. The average Bonchev–Trinajstić information content (AvgIpc) is 2.73. The molecule has 1 atom stereocenters. The second-order valence-electron chi connectivity index (χ2n) is 5.74. The van der Waals surface area contributed by atoms with Gasteiger partial charge in [-0.25, -0.2) is 9.18 Å². The second kappa shape index (κ2) is 8.72. The van der Waals surface area contributed by atoms with Crippen LogP contribution in [0.4, 0.5) is 9.18 Å². The molecule has 0 saturated heterocycles. The zero-order valence-corrected chi connectivity index (χ0v) is 13.6. The third-order valence-electron chi connectivity index (χ3n) is 3.98. The molecular formula is C17H25FN2O3. The first kappa shape index (κ1) is 17.5. The Morgan fingerprint density at radius 3 is 3.04 bits per heavy atom. The molecule has 128 valence electrons. The maximum Gasteiger partial charge on any atom is 0.317 e. The summed E-state index contributed by atoms with van der Waals surface area (Å²) >= 11 is 0. The second-order valence-corrected chi connectivity index (χ2v) is 5.74. The van der Waals surface area contributed by atoms with Gasteiger partial charge in [-0.3, -0.25) is 0 Å². The Hall–Kier alpha value is -1.82. The van der Waals surface area contributed by atoms with Crippen LogP contribution in [0.25, 0.3) is 0 Å². The van der Waals surface area contributed by atoms with Gasteiger partial charge in [-0.1, -0.05) is 19.4 Å². The summed E-state index contributed by atoms with van der Waals surface area (Å²) in [6.45, 7) is 3.43. The number of aliphatic hydroxyl groups is 1. The van der Waals surface area contributed by atoms with Crippen LogP contribution in [0.5, 0.6) is 5.75 Å². The zero-order chi connectivity index (χ0) is 16.7. The minimum absolute atomic E-state index is 0.0628. The first-order valence-corrected chi connectivity index (χ1v) is 8.24. The van der Waals surface area contributed by atoms with E-state index in [1.54, 1.807) is 11.0 Å². The predicted octanol–water partition coefficient (Wildman–Crippen LogP) is 2.84. The molecule has 1 aromatic carbocycles. The molecule has 0 saturated carbocycles. The van der Waals surface area contributed by atoms with Crippen LogP contribution in [0.3, 0.4) is 0 Å². The third-order valence-corrected chi connectivity index (χ3v) is 3.98. The van der Waals surface area contributed by atoms with Gasteiger partial charge in [0, 0.05) is 24.7 Å². The van der Waals surface area contributed by atoms with Gasteiger partial charge in [0.25, 0.3) is 0 Å². The Labute approximate surface area is 136 Å². The largest absolute Gasteiger partial charge is 0.493 e. The minimum atomic E-state index is -0.347. The number of ether oxygens (including phenoxy) is 1. The molecule has 2 amide bonds. The van der Waals surface area contributed by atoms with Gasteiger partial charge in [-0.15, -0.1) is 0 Å². The van der Waals surface area contributed by atoms with Crippen molar-refractivity contribution in [2.45, 2.75) is 38.6 Å². The molecule has 1 heterocycles. The maximum absolute atomic E-state index is 13.4. The molecule has 23 heavy (non-hydrogen) atoms. The van der Waals surface area contributed by atoms with Crippen LogP contribution in [-0.2, 0) is 0 Å². The number of benzene rings is 1. The van der Waals surface area contributed by atoms with Crippen LogP contribution < -0.4 is 10.1 Å². The molecule has 1 aromatic rings. The van der Waals surface area contributed by atoms with Gasteiger partial charge < -0.3 is 20.1 Å². The van der Waals surface area contributed by atoms with Gasteiger partial charge in [-0.05, 0) is 25.3 Å². The third kappa shape index (κ3) is 4.82. The summed E-state index contributed by atoms with van der Waals surface area (Å²) in [6, 6.07) is 4.01. The number of aliphatic hydroxyl groups excluding tert-OH is 1. The molecule has 0 spiro atoms. The van der Waals surface area contributed by atoms with Crippen molar-refractivity contribution in [2.24, 2.45) is 0 Å². The summed E-state index contributed by atoms with van der Waals surface area (Å²) in [5.41, 5.74) is 0.802. The molecule has 0 fully saturated rings. The van der Waals surface area contributed by atoms with Gasteiger partial charge in [0.2, 0.25) is 0 Å². The summed E-state index contributed by atoms with van der Waals surface area (Å²) < 4.78 is 19.0. The highest BCUT2D eigenvalue weighted by molar-refractivity contribution is 5.75. The van der Waals surface area contributed by atoms with Gasteiger partial charge >= 0.3 is 6.03 Å². The van der Waals surface area contributed by atoms with E-state index in [-0.39, 0.29) is 24.5 Å². The normalized spacial score (nSPS) is 16.9. The lowest BCUT2D eigenvalue weighted by Crippen LogP contribution is -2.43. The minimum Gasteiger partial charge on any atom is -0.493 e. The van der Waals surface area contributed by atoms with Crippen molar-refractivity contribution in [1.82, 2.24) is 10.2 Å². The molecule has 5 nitrogen and oxygen atoms in total. The fourth-order valence-electron chi connectivity index (χ4n) is 2.72. The van der Waals surface area contributed by atoms with E-state index >= 15 is 0 Å². The van der Waals surface area contributed by atoms with E-state index in [1.807, 2.05) is 0 Å². The zero-order valence-electron chi connectivity index (χ0n) is 13.6. The van der Waals surface area contributed by atoms with Crippen molar-refractivity contribution < 1.29 is 19.0 Å². The van der Waals surface area contributed by atoms with Gasteiger partial charge in [0.1, 0.15) is 11.6 Å². The highest BCUT2D eigenvalue weighted by Crippen LogP contribution is 2.32. The SMILES string of the molecule is CCCCN(CCO)C(=O)NC1CCCOc2cc(F)ccc21. The number of hydrogen-bond donors (Lipinski definition) is 2. The topological polar surface area (TPSA) is 61.8 Å². The average molecular weight is 324 g/mol. The lowest BCUT2D eigenvalue weighted by Gasteiger charge is -2.26. The summed E-state index contributed by atoms with van der Waals surface area (Å²) in [7, 11) is 0. The van der Waals surface area contributed by atoms with Crippen molar-refractivity contribution in [3.63, 3.8) is 0 Å². The van der Waals surface area contributed by atoms with Crippen molar-refractivity contribution in [2.75, 3.05) is 26.3 Å².